The van der Waals surface area contributed by atoms with E-state index in [1.165, 1.54) is 0 Å². The zero-order valence-electron chi connectivity index (χ0n) is 22.5. The second-order valence-electron chi connectivity index (χ2n) is 9.52. The lowest BCUT2D eigenvalue weighted by molar-refractivity contribution is -0.487. The van der Waals surface area contributed by atoms with Gasteiger partial charge in [-0.25, -0.2) is 9.18 Å². The maximum atomic E-state index is 13.9. The minimum atomic E-state index is -9.87. The number of hydrogen-bond acceptors (Lipinski definition) is 3. The Morgan fingerprint density at radius 2 is 0.760 bits per heavy atom. The van der Waals surface area contributed by atoms with Gasteiger partial charge in [0, 0.05) is 18.9 Å². The summed E-state index contributed by atoms with van der Waals surface area (Å²) in [6, 6.07) is 0. The summed E-state index contributed by atoms with van der Waals surface area (Å²) < 4.78 is 368. The molecule has 0 fully saturated rings. The van der Waals surface area contributed by atoms with Gasteiger partial charge in [-0.05, 0) is 6.42 Å². The standard InChI is InChI=1S/C20H11F27O3/c1-2-6(48)50-7(49)4-3-5-8(21,22)10(24,25)12(28,29)14(32,33)16(36,37)18(40,41)17(38,39)15(34,35)13(30,31)11(26,27)9(23,19(42,43)44)20(45,46)47/h2,7,49H,1,3-5H2. The zero-order valence-corrected chi connectivity index (χ0v) is 22.5. The van der Waals surface area contributed by atoms with Crippen LogP contribution < -0.4 is 0 Å². The molecule has 0 bridgehead atoms. The van der Waals surface area contributed by atoms with Crippen LogP contribution in [-0.4, -0.2) is 94.6 Å². The van der Waals surface area contributed by atoms with Crippen LogP contribution in [0.5, 0.6) is 0 Å². The molecule has 50 heavy (non-hydrogen) atoms. The predicted molar refractivity (Wildman–Crippen MR) is 102 cm³/mol. The first-order valence-corrected chi connectivity index (χ1v) is 11.5. The third kappa shape index (κ3) is 6.35. The molecule has 0 aliphatic rings. The van der Waals surface area contributed by atoms with Gasteiger partial charge < -0.3 is 9.84 Å². The number of hydrogen-bond donors (Lipinski definition) is 1. The summed E-state index contributed by atoms with van der Waals surface area (Å²) in [4.78, 5) is 10.7. The fourth-order valence-corrected chi connectivity index (χ4v) is 3.24. The van der Waals surface area contributed by atoms with E-state index in [4.69, 9.17) is 5.11 Å². The van der Waals surface area contributed by atoms with Crippen LogP contribution in [0.3, 0.4) is 0 Å². The van der Waals surface area contributed by atoms with E-state index in [9.17, 15) is 123 Å². The van der Waals surface area contributed by atoms with Gasteiger partial charge in [-0.15, -0.1) is 0 Å². The summed E-state index contributed by atoms with van der Waals surface area (Å²) >= 11 is 0. The molecule has 0 aromatic carbocycles. The van der Waals surface area contributed by atoms with Crippen molar-refractivity contribution in [2.45, 2.75) is 103 Å². The highest BCUT2D eigenvalue weighted by molar-refractivity contribution is 5.81. The lowest BCUT2D eigenvalue weighted by Gasteiger charge is -2.46. The van der Waals surface area contributed by atoms with Crippen LogP contribution >= 0.6 is 0 Å². The highest BCUT2D eigenvalue weighted by atomic mass is 19.4. The average molecular weight is 812 g/mol. The Morgan fingerprint density at radius 1 is 0.500 bits per heavy atom. The fourth-order valence-electron chi connectivity index (χ4n) is 3.24. The normalized spacial score (nSPS) is 16.7. The monoisotopic (exact) mass is 812 g/mol. The van der Waals surface area contributed by atoms with E-state index in [0.29, 0.717) is 0 Å². The lowest BCUT2D eigenvalue weighted by Crippen LogP contribution is -2.79. The Morgan fingerprint density at radius 3 is 1.02 bits per heavy atom. The number of aliphatic hydroxyl groups is 1. The molecule has 0 saturated heterocycles. The van der Waals surface area contributed by atoms with E-state index in [1.54, 1.807) is 0 Å². The quantitative estimate of drug-likeness (QED) is 0.0732. The molecule has 0 radical (unpaired) electrons. The molecule has 1 atom stereocenters. The summed E-state index contributed by atoms with van der Waals surface area (Å²) in [5.41, 5.74) is -9.25. The maximum absolute atomic E-state index is 13.9. The van der Waals surface area contributed by atoms with E-state index < -0.39 is 109 Å². The third-order valence-electron chi connectivity index (χ3n) is 6.19. The van der Waals surface area contributed by atoms with Crippen molar-refractivity contribution in [1.82, 2.24) is 0 Å². The summed E-state index contributed by atoms with van der Waals surface area (Å²) in [5, 5.41) is 9.07. The predicted octanol–water partition coefficient (Wildman–Crippen LogP) is 9.39. The molecule has 0 amide bonds. The molecule has 30 heteroatoms. The van der Waals surface area contributed by atoms with Crippen molar-refractivity contribution >= 4 is 5.97 Å². The third-order valence-corrected chi connectivity index (χ3v) is 6.19. The van der Waals surface area contributed by atoms with E-state index in [1.807, 2.05) is 0 Å². The Hall–Kier alpha value is -2.72. The van der Waals surface area contributed by atoms with Crippen LogP contribution in [0.1, 0.15) is 19.3 Å². The molecule has 0 saturated carbocycles. The highest BCUT2D eigenvalue weighted by Gasteiger charge is 3.01. The van der Waals surface area contributed by atoms with Gasteiger partial charge in [0.05, 0.1) is 0 Å². The molecule has 0 spiro atoms. The van der Waals surface area contributed by atoms with Crippen LogP contribution in [0.15, 0.2) is 12.7 Å². The highest BCUT2D eigenvalue weighted by Crippen LogP contribution is 2.69. The molecule has 0 aliphatic carbocycles. The molecule has 0 aromatic rings. The first kappa shape index (κ1) is 47.3. The zero-order chi connectivity index (χ0) is 41.2. The van der Waals surface area contributed by atoms with Gasteiger partial charge in [0.15, 0.2) is 0 Å². The van der Waals surface area contributed by atoms with Gasteiger partial charge in [0.1, 0.15) is 0 Å². The van der Waals surface area contributed by atoms with Crippen LogP contribution in [0.2, 0.25) is 0 Å². The van der Waals surface area contributed by atoms with Crippen molar-refractivity contribution in [3.05, 3.63) is 12.7 Å². The van der Waals surface area contributed by atoms with Gasteiger partial charge in [-0.2, -0.15) is 114 Å². The van der Waals surface area contributed by atoms with Gasteiger partial charge in [-0.3, -0.25) is 0 Å². The van der Waals surface area contributed by atoms with Crippen molar-refractivity contribution in [3.63, 3.8) is 0 Å². The van der Waals surface area contributed by atoms with Crippen molar-refractivity contribution in [2.24, 2.45) is 0 Å². The first-order valence-electron chi connectivity index (χ1n) is 11.5. The minimum absolute atomic E-state index is 0.232. The van der Waals surface area contributed by atoms with Crippen LogP contribution in [-0.2, 0) is 9.53 Å². The SMILES string of the molecule is C=CC(=O)OC(O)CCCC(F)(F)C(F)(F)C(F)(F)C(F)(F)C(F)(F)C(F)(F)C(F)(F)C(F)(F)C(F)(F)C(F)(F)C(F)(C(F)(F)F)C(F)(F)F. The molecule has 1 N–H and O–H groups in total. The number of halogens is 27. The Bertz CT molecular complexity index is 1210. The lowest BCUT2D eigenvalue weighted by atomic mass is 9.81. The first-order chi connectivity index (χ1) is 21.3. The van der Waals surface area contributed by atoms with Crippen LogP contribution in [0.25, 0.3) is 0 Å². The number of carbonyl (C=O) groups is 1. The van der Waals surface area contributed by atoms with Crippen LogP contribution in [0, 0.1) is 0 Å². The topological polar surface area (TPSA) is 46.5 Å². The van der Waals surface area contributed by atoms with Gasteiger partial charge in [0.2, 0.25) is 6.29 Å². The fraction of sp³-hybridized carbons (Fsp3) is 0.850. The van der Waals surface area contributed by atoms with E-state index >= 15 is 0 Å². The Kier molecular flexibility index (Phi) is 12.1. The summed E-state index contributed by atoms with van der Waals surface area (Å²) in [7, 11) is 0. The molecule has 3 nitrogen and oxygen atoms in total. The average Bonchev–Trinajstić information content (AvgIpc) is 2.89. The number of esters is 1. The number of rotatable bonds is 16. The summed E-state index contributed by atoms with van der Waals surface area (Å²) in [6.45, 7) is 2.70. The molecule has 0 aromatic heterocycles. The number of ether oxygens (including phenoxy) is 1. The van der Waals surface area contributed by atoms with Gasteiger partial charge in [0.25, 0.3) is 0 Å². The van der Waals surface area contributed by atoms with E-state index in [2.05, 4.69) is 11.3 Å². The van der Waals surface area contributed by atoms with E-state index in [0.717, 1.165) is 0 Å². The molecule has 1 unspecified atom stereocenters. The molecule has 0 rings (SSSR count). The summed E-state index contributed by atoms with van der Waals surface area (Å²) in [5.74, 6) is -94.0. The van der Waals surface area contributed by atoms with Crippen LogP contribution in [0.4, 0.5) is 119 Å². The maximum Gasteiger partial charge on any atom is 0.438 e. The Balaban J connectivity index is 7.18. The van der Waals surface area contributed by atoms with Crippen molar-refractivity contribution in [1.29, 1.82) is 0 Å². The van der Waals surface area contributed by atoms with Crippen molar-refractivity contribution in [2.75, 3.05) is 0 Å². The van der Waals surface area contributed by atoms with Crippen molar-refractivity contribution in [3.8, 4) is 0 Å². The molecule has 0 aliphatic heterocycles. The molecular weight excluding hydrogens is 801 g/mol. The van der Waals surface area contributed by atoms with Crippen molar-refractivity contribution < 1.29 is 133 Å². The van der Waals surface area contributed by atoms with Gasteiger partial charge in [-0.1, -0.05) is 6.58 Å². The van der Waals surface area contributed by atoms with Gasteiger partial charge >= 0.3 is 83.2 Å². The molecule has 0 heterocycles. The number of aliphatic hydroxyl groups excluding tert-OH is 1. The summed E-state index contributed by atoms with van der Waals surface area (Å²) in [6.07, 6.45) is -26.5. The number of alkyl halides is 27. The molecular formula is C20H11F27O3. The second kappa shape index (κ2) is 12.7. The Labute approximate surface area is 256 Å². The van der Waals surface area contributed by atoms with E-state index in [-0.39, 0.29) is 6.08 Å². The number of carbonyl (C=O) groups excluding carboxylic acids is 1. The smallest absolute Gasteiger partial charge is 0.433 e. The largest absolute Gasteiger partial charge is 0.438 e. The molecule has 298 valence electrons. The minimum Gasteiger partial charge on any atom is -0.433 e. The second-order valence-corrected chi connectivity index (χ2v) is 9.52.